The lowest BCUT2D eigenvalue weighted by molar-refractivity contribution is -0.116. The van der Waals surface area contributed by atoms with Gasteiger partial charge in [-0.2, -0.15) is 0 Å². The van der Waals surface area contributed by atoms with Crippen LogP contribution in [0.2, 0.25) is 5.02 Å². The van der Waals surface area contributed by atoms with Crippen LogP contribution in [0.15, 0.2) is 18.2 Å². The van der Waals surface area contributed by atoms with Crippen LogP contribution in [0.4, 0.5) is 11.4 Å². The molecule has 0 aliphatic carbocycles. The number of hydrogen-bond acceptors (Lipinski definition) is 3. The fourth-order valence-corrected chi connectivity index (χ4v) is 2.23. The molecule has 0 spiro atoms. The topological polar surface area (TPSA) is 41.6 Å². The molecule has 0 atom stereocenters. The minimum Gasteiger partial charge on any atom is -0.378 e. The molecule has 0 unspecified atom stereocenters. The lowest BCUT2D eigenvalue weighted by Crippen LogP contribution is -2.36. The molecule has 0 bridgehead atoms. The maximum absolute atomic E-state index is 11.6. The number of nitrogens with zero attached hydrogens (tertiary/aromatic N) is 1. The van der Waals surface area contributed by atoms with Crippen LogP contribution < -0.4 is 10.2 Å². The first-order valence-corrected chi connectivity index (χ1v) is 7.00. The largest absolute Gasteiger partial charge is 0.378 e. The van der Waals surface area contributed by atoms with E-state index >= 15 is 0 Å². The number of benzene rings is 1. The van der Waals surface area contributed by atoms with Crippen molar-refractivity contribution in [1.29, 1.82) is 0 Å². The van der Waals surface area contributed by atoms with E-state index in [2.05, 4.69) is 10.2 Å². The van der Waals surface area contributed by atoms with Crippen LogP contribution in [-0.4, -0.2) is 32.2 Å². The number of halogens is 1. The Balaban J connectivity index is 2.11. The van der Waals surface area contributed by atoms with Crippen LogP contribution in [0.5, 0.6) is 0 Å². The van der Waals surface area contributed by atoms with Crippen LogP contribution in [0.3, 0.4) is 0 Å². The summed E-state index contributed by atoms with van der Waals surface area (Å²) >= 11 is 6.12. The van der Waals surface area contributed by atoms with E-state index in [0.717, 1.165) is 38.4 Å². The summed E-state index contributed by atoms with van der Waals surface area (Å²) in [7, 11) is 0. The number of carbonyl (C=O) groups excluding carboxylic acids is 1. The van der Waals surface area contributed by atoms with Crippen molar-refractivity contribution in [1.82, 2.24) is 0 Å². The molecule has 5 heteroatoms. The van der Waals surface area contributed by atoms with Gasteiger partial charge in [-0.1, -0.05) is 18.5 Å². The van der Waals surface area contributed by atoms with Gasteiger partial charge in [0.15, 0.2) is 0 Å². The zero-order chi connectivity index (χ0) is 13.7. The van der Waals surface area contributed by atoms with Gasteiger partial charge in [0.05, 0.1) is 23.9 Å². The molecule has 1 aliphatic heterocycles. The summed E-state index contributed by atoms with van der Waals surface area (Å²) in [6.45, 7) is 5.18. The lowest BCUT2D eigenvalue weighted by atomic mass is 10.2. The number of rotatable bonds is 4. The number of carbonyl (C=O) groups is 1. The van der Waals surface area contributed by atoms with Gasteiger partial charge >= 0.3 is 0 Å². The molecule has 1 aliphatic rings. The maximum Gasteiger partial charge on any atom is 0.224 e. The van der Waals surface area contributed by atoms with Crippen molar-refractivity contribution in [3.63, 3.8) is 0 Å². The summed E-state index contributed by atoms with van der Waals surface area (Å²) in [5, 5.41) is 3.43. The molecule has 1 aromatic carbocycles. The van der Waals surface area contributed by atoms with Crippen molar-refractivity contribution >= 4 is 28.9 Å². The van der Waals surface area contributed by atoms with Gasteiger partial charge in [0.2, 0.25) is 5.91 Å². The molecular weight excluding hydrogens is 264 g/mol. The highest BCUT2D eigenvalue weighted by Gasteiger charge is 2.13. The van der Waals surface area contributed by atoms with E-state index in [-0.39, 0.29) is 5.91 Å². The molecule has 0 saturated carbocycles. The maximum atomic E-state index is 11.6. The highest BCUT2D eigenvalue weighted by Crippen LogP contribution is 2.28. The molecule has 1 amide bonds. The third-order valence-corrected chi connectivity index (χ3v) is 3.41. The second kappa shape index (κ2) is 6.78. The van der Waals surface area contributed by atoms with Gasteiger partial charge in [-0.25, -0.2) is 0 Å². The van der Waals surface area contributed by atoms with Crippen molar-refractivity contribution < 1.29 is 9.53 Å². The number of ether oxygens (including phenoxy) is 1. The Labute approximate surface area is 118 Å². The van der Waals surface area contributed by atoms with E-state index in [0.29, 0.717) is 17.1 Å². The van der Waals surface area contributed by atoms with Crippen molar-refractivity contribution in [2.45, 2.75) is 19.8 Å². The second-order valence-corrected chi connectivity index (χ2v) is 4.97. The van der Waals surface area contributed by atoms with Crippen molar-refractivity contribution in [2.75, 3.05) is 36.5 Å². The molecule has 1 N–H and O–H groups in total. The Bertz CT molecular complexity index is 445. The van der Waals surface area contributed by atoms with Crippen LogP contribution in [0, 0.1) is 0 Å². The summed E-state index contributed by atoms with van der Waals surface area (Å²) in [4.78, 5) is 13.9. The number of anilines is 2. The zero-order valence-corrected chi connectivity index (χ0v) is 11.9. The van der Waals surface area contributed by atoms with Gasteiger partial charge in [-0.05, 0) is 24.6 Å². The molecule has 0 radical (unpaired) electrons. The fraction of sp³-hybridized carbons (Fsp3) is 0.500. The van der Waals surface area contributed by atoms with E-state index in [1.165, 1.54) is 0 Å². The SMILES string of the molecule is CCCC(=O)Nc1cc(N2CCOCC2)ccc1Cl. The molecule has 1 heterocycles. The Morgan fingerprint density at radius 1 is 1.42 bits per heavy atom. The summed E-state index contributed by atoms with van der Waals surface area (Å²) in [6, 6.07) is 5.73. The Kier molecular flexibility index (Phi) is 5.05. The quantitative estimate of drug-likeness (QED) is 0.923. The molecule has 4 nitrogen and oxygen atoms in total. The number of nitrogens with one attached hydrogen (secondary N) is 1. The second-order valence-electron chi connectivity index (χ2n) is 4.56. The first-order valence-electron chi connectivity index (χ1n) is 6.63. The fourth-order valence-electron chi connectivity index (χ4n) is 2.07. The van der Waals surface area contributed by atoms with Crippen LogP contribution >= 0.6 is 11.6 Å². The summed E-state index contributed by atoms with van der Waals surface area (Å²) < 4.78 is 5.33. The third kappa shape index (κ3) is 3.85. The molecule has 1 aromatic rings. The van der Waals surface area contributed by atoms with Crippen LogP contribution in [0.1, 0.15) is 19.8 Å². The number of hydrogen-bond donors (Lipinski definition) is 1. The van der Waals surface area contributed by atoms with E-state index in [9.17, 15) is 4.79 Å². The van der Waals surface area contributed by atoms with E-state index < -0.39 is 0 Å². The van der Waals surface area contributed by atoms with Crippen LogP contribution in [-0.2, 0) is 9.53 Å². The first-order chi connectivity index (χ1) is 9.20. The smallest absolute Gasteiger partial charge is 0.224 e. The minimum absolute atomic E-state index is 0.00327. The molecule has 19 heavy (non-hydrogen) atoms. The summed E-state index contributed by atoms with van der Waals surface area (Å²) in [6.07, 6.45) is 1.34. The average molecular weight is 283 g/mol. The van der Waals surface area contributed by atoms with Crippen molar-refractivity contribution in [3.05, 3.63) is 23.2 Å². The van der Waals surface area contributed by atoms with Gasteiger partial charge < -0.3 is 15.0 Å². The predicted octanol–water partition coefficient (Wildman–Crippen LogP) is 2.92. The van der Waals surface area contributed by atoms with Crippen LogP contribution in [0.25, 0.3) is 0 Å². The first kappa shape index (κ1) is 14.2. The normalized spacial score (nSPS) is 15.4. The minimum atomic E-state index is 0.00327. The van der Waals surface area contributed by atoms with E-state index in [1.807, 2.05) is 25.1 Å². The highest BCUT2D eigenvalue weighted by molar-refractivity contribution is 6.33. The predicted molar refractivity (Wildman–Crippen MR) is 78.0 cm³/mol. The van der Waals surface area contributed by atoms with Gasteiger partial charge in [-0.3, -0.25) is 4.79 Å². The third-order valence-electron chi connectivity index (χ3n) is 3.08. The molecule has 0 aromatic heterocycles. The molecule has 1 fully saturated rings. The Morgan fingerprint density at radius 3 is 2.84 bits per heavy atom. The molecule has 1 saturated heterocycles. The summed E-state index contributed by atoms with van der Waals surface area (Å²) in [5.41, 5.74) is 1.75. The van der Waals surface area contributed by atoms with Gasteiger partial charge in [-0.15, -0.1) is 0 Å². The monoisotopic (exact) mass is 282 g/mol. The Hall–Kier alpha value is -1.26. The highest BCUT2D eigenvalue weighted by atomic mass is 35.5. The molecule has 104 valence electrons. The average Bonchev–Trinajstić information content (AvgIpc) is 2.42. The summed E-state index contributed by atoms with van der Waals surface area (Å²) in [5.74, 6) is 0.00327. The van der Waals surface area contributed by atoms with Crippen molar-refractivity contribution in [3.8, 4) is 0 Å². The molecule has 2 rings (SSSR count). The molecular formula is C14H19ClN2O2. The number of morpholine rings is 1. The van der Waals surface area contributed by atoms with E-state index in [1.54, 1.807) is 0 Å². The van der Waals surface area contributed by atoms with Gasteiger partial charge in [0.25, 0.3) is 0 Å². The standard InChI is InChI=1S/C14H19ClN2O2/c1-2-3-14(18)16-13-10-11(4-5-12(13)15)17-6-8-19-9-7-17/h4-5,10H,2-3,6-9H2,1H3,(H,16,18). The van der Waals surface area contributed by atoms with Gasteiger partial charge in [0, 0.05) is 25.2 Å². The zero-order valence-electron chi connectivity index (χ0n) is 11.1. The van der Waals surface area contributed by atoms with Crippen molar-refractivity contribution in [2.24, 2.45) is 0 Å². The van der Waals surface area contributed by atoms with E-state index in [4.69, 9.17) is 16.3 Å². The number of amides is 1. The Morgan fingerprint density at radius 2 is 2.16 bits per heavy atom. The lowest BCUT2D eigenvalue weighted by Gasteiger charge is -2.29. The van der Waals surface area contributed by atoms with Gasteiger partial charge in [0.1, 0.15) is 0 Å².